The summed E-state index contributed by atoms with van der Waals surface area (Å²) in [5, 5.41) is 0. The second-order valence-corrected chi connectivity index (χ2v) is 6.29. The molecule has 2 aromatic rings. The highest BCUT2D eigenvalue weighted by Gasteiger charge is 2.08. The van der Waals surface area contributed by atoms with Gasteiger partial charge in [-0.15, -0.1) is 0 Å². The normalized spacial score (nSPS) is 12.5. The smallest absolute Gasteiger partial charge is 0.0705 e. The van der Waals surface area contributed by atoms with Crippen molar-refractivity contribution < 1.29 is 0 Å². The summed E-state index contributed by atoms with van der Waals surface area (Å²) in [6.45, 7) is 7.99. The van der Waals surface area contributed by atoms with Crippen LogP contribution < -0.4 is 0 Å². The maximum Gasteiger partial charge on any atom is 0.0705 e. The third kappa shape index (κ3) is 4.57. The molecule has 0 fully saturated rings. The predicted octanol–water partition coefficient (Wildman–Crippen LogP) is 5.25. The third-order valence-corrected chi connectivity index (χ3v) is 4.08. The van der Waals surface area contributed by atoms with Crippen molar-refractivity contribution in [3.05, 3.63) is 78.1 Å². The van der Waals surface area contributed by atoms with Crippen molar-refractivity contribution >= 4 is 17.4 Å². The molecule has 0 atom stereocenters. The summed E-state index contributed by atoms with van der Waals surface area (Å²) in [4.78, 5) is 11.0. The van der Waals surface area contributed by atoms with E-state index in [1.165, 1.54) is 0 Å². The van der Waals surface area contributed by atoms with E-state index >= 15 is 0 Å². The molecule has 0 aliphatic heterocycles. The minimum atomic E-state index is 0.963. The van der Waals surface area contributed by atoms with Crippen LogP contribution in [0.3, 0.4) is 0 Å². The number of hydrogen-bond donors (Lipinski definition) is 0. The van der Waals surface area contributed by atoms with Crippen LogP contribution in [0.15, 0.2) is 66.3 Å². The molecule has 1 heterocycles. The molecular weight excluding hydrogens is 318 g/mol. The van der Waals surface area contributed by atoms with Crippen LogP contribution in [0.4, 0.5) is 0 Å². The van der Waals surface area contributed by atoms with Crippen molar-refractivity contribution in [3.63, 3.8) is 0 Å². The van der Waals surface area contributed by atoms with Crippen molar-refractivity contribution in [2.45, 2.75) is 13.8 Å². The van der Waals surface area contributed by atoms with Crippen LogP contribution in [0.1, 0.15) is 23.7 Å². The zero-order valence-electron chi connectivity index (χ0n) is 16.3. The monoisotopic (exact) mass is 345 g/mol. The number of rotatable bonds is 6. The van der Waals surface area contributed by atoms with E-state index in [1.54, 1.807) is 7.05 Å². The third-order valence-electron chi connectivity index (χ3n) is 4.08. The average Bonchev–Trinajstić information content (AvgIpc) is 2.64. The van der Waals surface area contributed by atoms with Gasteiger partial charge in [-0.05, 0) is 42.7 Å². The lowest BCUT2D eigenvalue weighted by Gasteiger charge is -2.12. The molecule has 0 unspecified atom stereocenters. The van der Waals surface area contributed by atoms with E-state index in [9.17, 15) is 0 Å². The second-order valence-electron chi connectivity index (χ2n) is 6.29. The van der Waals surface area contributed by atoms with Crippen molar-refractivity contribution in [1.82, 2.24) is 9.88 Å². The Labute approximate surface area is 157 Å². The van der Waals surface area contributed by atoms with Gasteiger partial charge < -0.3 is 4.90 Å². The highest BCUT2D eigenvalue weighted by molar-refractivity contribution is 6.10. The van der Waals surface area contributed by atoms with Crippen LogP contribution in [-0.2, 0) is 0 Å². The number of nitrogens with zero attached hydrogens (tertiary/aromatic N) is 3. The molecule has 1 aromatic heterocycles. The van der Waals surface area contributed by atoms with E-state index in [1.807, 2.05) is 45.1 Å². The Bertz CT molecular complexity index is 871. The van der Waals surface area contributed by atoms with Crippen molar-refractivity contribution in [3.8, 4) is 11.3 Å². The first kappa shape index (κ1) is 19.4. The molecule has 2 rings (SSSR count). The summed E-state index contributed by atoms with van der Waals surface area (Å²) in [7, 11) is 5.80. The summed E-state index contributed by atoms with van der Waals surface area (Å²) >= 11 is 0. The Morgan fingerprint density at radius 2 is 1.92 bits per heavy atom. The van der Waals surface area contributed by atoms with Gasteiger partial charge in [0, 0.05) is 50.4 Å². The first-order chi connectivity index (χ1) is 12.5. The maximum absolute atomic E-state index is 4.82. The van der Waals surface area contributed by atoms with Crippen LogP contribution >= 0.6 is 0 Å². The Balaban J connectivity index is 2.45. The molecule has 0 aliphatic carbocycles. The summed E-state index contributed by atoms with van der Waals surface area (Å²) in [5.41, 5.74) is 7.45. The highest BCUT2D eigenvalue weighted by atomic mass is 15.0. The summed E-state index contributed by atoms with van der Waals surface area (Å²) in [5.74, 6) is 0. The van der Waals surface area contributed by atoms with Gasteiger partial charge >= 0.3 is 0 Å². The summed E-state index contributed by atoms with van der Waals surface area (Å²) in [6.07, 6.45) is 7.87. The largest absolute Gasteiger partial charge is 0.383 e. The molecule has 0 saturated heterocycles. The number of aliphatic imine (C=N–C) groups is 1. The van der Waals surface area contributed by atoms with Gasteiger partial charge in [0.15, 0.2) is 0 Å². The van der Waals surface area contributed by atoms with Gasteiger partial charge in [-0.2, -0.15) is 0 Å². The fraction of sp³-hybridized carbons (Fsp3) is 0.217. The van der Waals surface area contributed by atoms with Crippen molar-refractivity contribution in [2.24, 2.45) is 4.99 Å². The Hall–Kier alpha value is -2.94. The lowest BCUT2D eigenvalue weighted by molar-refractivity contribution is 0.566. The maximum atomic E-state index is 4.82. The molecule has 0 aliphatic rings. The minimum absolute atomic E-state index is 0.963. The molecule has 0 radical (unpaired) electrons. The van der Waals surface area contributed by atoms with Gasteiger partial charge in [-0.3, -0.25) is 9.98 Å². The number of hydrogen-bond acceptors (Lipinski definition) is 3. The van der Waals surface area contributed by atoms with Crippen molar-refractivity contribution in [2.75, 3.05) is 21.1 Å². The standard InChI is InChI=1S/C23H27N3/c1-7-18(15-24-4)22-12-13-23(25-17(22)3)21-11-9-10-20(14-21)19(8-2)16-26(5)6/h7-16H,2H2,1,3-6H3/b18-7+,19-16+,24-15?. The first-order valence-electron chi connectivity index (χ1n) is 8.68. The number of pyridine rings is 1. The van der Waals surface area contributed by atoms with Crippen LogP contribution in [0.5, 0.6) is 0 Å². The van der Waals surface area contributed by atoms with Gasteiger partial charge in [0.25, 0.3) is 0 Å². The molecule has 134 valence electrons. The van der Waals surface area contributed by atoms with E-state index in [-0.39, 0.29) is 0 Å². The van der Waals surface area contributed by atoms with Gasteiger partial charge in [-0.25, -0.2) is 0 Å². The number of allylic oxidation sites excluding steroid dienone is 4. The molecule has 0 amide bonds. The minimum Gasteiger partial charge on any atom is -0.383 e. The summed E-state index contributed by atoms with van der Waals surface area (Å²) in [6, 6.07) is 12.6. The van der Waals surface area contributed by atoms with E-state index in [0.717, 1.165) is 39.2 Å². The zero-order chi connectivity index (χ0) is 19.1. The number of aryl methyl sites for hydroxylation is 1. The van der Waals surface area contributed by atoms with E-state index in [2.05, 4.69) is 60.2 Å². The topological polar surface area (TPSA) is 28.5 Å². The van der Waals surface area contributed by atoms with E-state index in [0.29, 0.717) is 0 Å². The Morgan fingerprint density at radius 3 is 2.50 bits per heavy atom. The molecule has 0 N–H and O–H groups in total. The molecule has 0 bridgehead atoms. The number of benzene rings is 1. The van der Waals surface area contributed by atoms with Gasteiger partial charge in [0.1, 0.15) is 0 Å². The highest BCUT2D eigenvalue weighted by Crippen LogP contribution is 2.26. The molecule has 3 nitrogen and oxygen atoms in total. The lowest BCUT2D eigenvalue weighted by atomic mass is 10.00. The first-order valence-corrected chi connectivity index (χ1v) is 8.68. The second kappa shape index (κ2) is 8.95. The molecule has 26 heavy (non-hydrogen) atoms. The quantitative estimate of drug-likeness (QED) is 0.528. The van der Waals surface area contributed by atoms with Crippen LogP contribution in [0.2, 0.25) is 0 Å². The fourth-order valence-electron chi connectivity index (χ4n) is 2.85. The molecular formula is C23H27N3. The SMILES string of the molecule is C=C/C(=C\N(C)C)c1cccc(-c2ccc(/C(C=NC)=C/C)c(C)n2)c1. The fourth-order valence-corrected chi connectivity index (χ4v) is 2.85. The van der Waals surface area contributed by atoms with Crippen LogP contribution in [-0.4, -0.2) is 37.2 Å². The molecule has 3 heteroatoms. The van der Waals surface area contributed by atoms with Crippen molar-refractivity contribution in [1.29, 1.82) is 0 Å². The van der Waals surface area contributed by atoms with E-state index in [4.69, 9.17) is 4.98 Å². The Morgan fingerprint density at radius 1 is 1.15 bits per heavy atom. The predicted molar refractivity (Wildman–Crippen MR) is 114 cm³/mol. The lowest BCUT2D eigenvalue weighted by Crippen LogP contribution is -2.02. The zero-order valence-corrected chi connectivity index (χ0v) is 16.3. The van der Waals surface area contributed by atoms with Gasteiger partial charge in [-0.1, -0.05) is 43.0 Å². The van der Waals surface area contributed by atoms with Crippen LogP contribution in [0.25, 0.3) is 22.4 Å². The van der Waals surface area contributed by atoms with E-state index < -0.39 is 0 Å². The Kier molecular flexibility index (Phi) is 6.67. The molecule has 0 spiro atoms. The molecule has 1 aromatic carbocycles. The number of aromatic nitrogens is 1. The van der Waals surface area contributed by atoms with Gasteiger partial charge in [0.05, 0.1) is 5.69 Å². The van der Waals surface area contributed by atoms with Crippen LogP contribution in [0, 0.1) is 6.92 Å². The summed E-state index contributed by atoms with van der Waals surface area (Å²) < 4.78 is 0. The average molecular weight is 345 g/mol. The van der Waals surface area contributed by atoms with Gasteiger partial charge in [0.2, 0.25) is 0 Å². The molecule has 0 saturated carbocycles.